The molecule has 0 aromatic carbocycles. The van der Waals surface area contributed by atoms with Crippen molar-refractivity contribution in [2.45, 2.75) is 25.1 Å². The summed E-state index contributed by atoms with van der Waals surface area (Å²) in [6, 6.07) is 6.06. The van der Waals surface area contributed by atoms with E-state index in [9.17, 15) is 0 Å². The first-order valence-corrected chi connectivity index (χ1v) is 6.10. The SMILES string of the molecule is CCC(N)CSCc1ccnc(C#N)c1. The van der Waals surface area contributed by atoms with Crippen LogP contribution in [0.4, 0.5) is 0 Å². The van der Waals surface area contributed by atoms with Gasteiger partial charge >= 0.3 is 0 Å². The summed E-state index contributed by atoms with van der Waals surface area (Å²) < 4.78 is 0. The molecule has 80 valence electrons. The smallest absolute Gasteiger partial charge is 0.140 e. The average molecular weight is 221 g/mol. The third kappa shape index (κ3) is 4.32. The predicted molar refractivity (Wildman–Crippen MR) is 63.4 cm³/mol. The molecule has 0 amide bonds. The summed E-state index contributed by atoms with van der Waals surface area (Å²) in [5, 5.41) is 8.67. The molecule has 0 bridgehead atoms. The van der Waals surface area contributed by atoms with E-state index in [1.165, 1.54) is 0 Å². The number of thioether (sulfide) groups is 1. The summed E-state index contributed by atoms with van der Waals surface area (Å²) in [5.41, 5.74) is 7.42. The summed E-state index contributed by atoms with van der Waals surface area (Å²) in [5.74, 6) is 1.85. The van der Waals surface area contributed by atoms with Gasteiger partial charge in [0.15, 0.2) is 0 Å². The van der Waals surface area contributed by atoms with Crippen molar-refractivity contribution in [2.75, 3.05) is 5.75 Å². The van der Waals surface area contributed by atoms with Gasteiger partial charge in [-0.2, -0.15) is 17.0 Å². The van der Waals surface area contributed by atoms with E-state index in [0.717, 1.165) is 23.5 Å². The van der Waals surface area contributed by atoms with Crippen molar-refractivity contribution >= 4 is 11.8 Å². The highest BCUT2D eigenvalue weighted by Gasteiger charge is 2.00. The fourth-order valence-corrected chi connectivity index (χ4v) is 2.14. The Hall–Kier alpha value is -1.05. The molecule has 1 aromatic rings. The van der Waals surface area contributed by atoms with E-state index in [1.54, 1.807) is 18.0 Å². The highest BCUT2D eigenvalue weighted by atomic mass is 32.2. The van der Waals surface area contributed by atoms with Crippen LogP contribution in [-0.4, -0.2) is 16.8 Å². The second-order valence-corrected chi connectivity index (χ2v) is 4.37. The second kappa shape index (κ2) is 6.44. The molecule has 1 rings (SSSR count). The first-order chi connectivity index (χ1) is 7.26. The minimum atomic E-state index is 0.271. The van der Waals surface area contributed by atoms with Gasteiger partial charge in [-0.25, -0.2) is 4.98 Å². The minimum Gasteiger partial charge on any atom is -0.327 e. The number of nitriles is 1. The predicted octanol–water partition coefficient (Wildman–Crippen LogP) is 1.92. The lowest BCUT2D eigenvalue weighted by Crippen LogP contribution is -2.21. The zero-order chi connectivity index (χ0) is 11.1. The van der Waals surface area contributed by atoms with E-state index in [2.05, 4.69) is 11.9 Å². The molecule has 0 aliphatic heterocycles. The highest BCUT2D eigenvalue weighted by molar-refractivity contribution is 7.98. The number of aromatic nitrogens is 1. The standard InChI is InChI=1S/C11H15N3S/c1-2-10(13)8-15-7-9-3-4-14-11(5-9)6-12/h3-5,10H,2,7-8,13H2,1H3. The van der Waals surface area contributed by atoms with E-state index in [4.69, 9.17) is 11.0 Å². The molecule has 1 aromatic heterocycles. The first-order valence-electron chi connectivity index (χ1n) is 4.94. The first kappa shape index (κ1) is 12.0. The van der Waals surface area contributed by atoms with Crippen LogP contribution in [0.25, 0.3) is 0 Å². The van der Waals surface area contributed by atoms with Crippen LogP contribution in [-0.2, 0) is 5.75 Å². The Morgan fingerprint density at radius 2 is 2.47 bits per heavy atom. The molecule has 0 fully saturated rings. The minimum absolute atomic E-state index is 0.271. The fraction of sp³-hybridized carbons (Fsp3) is 0.455. The Bertz CT molecular complexity index is 346. The number of hydrogen-bond acceptors (Lipinski definition) is 4. The normalized spacial score (nSPS) is 12.1. The second-order valence-electron chi connectivity index (χ2n) is 3.34. The van der Waals surface area contributed by atoms with Gasteiger partial charge in [0.25, 0.3) is 0 Å². The molecule has 1 atom stereocenters. The molecule has 0 spiro atoms. The molecular weight excluding hydrogens is 206 g/mol. The van der Waals surface area contributed by atoms with E-state index in [-0.39, 0.29) is 6.04 Å². The molecule has 0 saturated heterocycles. The van der Waals surface area contributed by atoms with Gasteiger partial charge in [-0.05, 0) is 24.1 Å². The van der Waals surface area contributed by atoms with Crippen LogP contribution in [0.1, 0.15) is 24.6 Å². The molecular formula is C11H15N3S. The Balaban J connectivity index is 2.41. The van der Waals surface area contributed by atoms with Crippen molar-refractivity contribution in [1.82, 2.24) is 4.98 Å². The van der Waals surface area contributed by atoms with Crippen LogP contribution >= 0.6 is 11.8 Å². The van der Waals surface area contributed by atoms with Gasteiger partial charge in [0, 0.05) is 23.7 Å². The number of rotatable bonds is 5. The van der Waals surface area contributed by atoms with Crippen LogP contribution in [0.3, 0.4) is 0 Å². The number of pyridine rings is 1. The molecule has 2 N–H and O–H groups in total. The Morgan fingerprint density at radius 3 is 3.13 bits per heavy atom. The van der Waals surface area contributed by atoms with Gasteiger partial charge in [-0.1, -0.05) is 6.92 Å². The lowest BCUT2D eigenvalue weighted by atomic mass is 10.2. The molecule has 3 nitrogen and oxygen atoms in total. The maximum atomic E-state index is 8.67. The summed E-state index contributed by atoms with van der Waals surface area (Å²) >= 11 is 1.80. The van der Waals surface area contributed by atoms with E-state index < -0.39 is 0 Å². The van der Waals surface area contributed by atoms with Crippen molar-refractivity contribution < 1.29 is 0 Å². The Labute approximate surface area is 94.7 Å². The Morgan fingerprint density at radius 1 is 1.67 bits per heavy atom. The van der Waals surface area contributed by atoms with Crippen LogP contribution < -0.4 is 5.73 Å². The van der Waals surface area contributed by atoms with E-state index >= 15 is 0 Å². The summed E-state index contributed by atoms with van der Waals surface area (Å²) in [4.78, 5) is 3.92. The summed E-state index contributed by atoms with van der Waals surface area (Å²) in [6.45, 7) is 2.09. The largest absolute Gasteiger partial charge is 0.327 e. The topological polar surface area (TPSA) is 62.7 Å². The Kier molecular flexibility index (Phi) is 5.16. The van der Waals surface area contributed by atoms with Gasteiger partial charge in [-0.3, -0.25) is 0 Å². The van der Waals surface area contributed by atoms with Crippen LogP contribution in [0.15, 0.2) is 18.3 Å². The van der Waals surface area contributed by atoms with Crippen molar-refractivity contribution in [1.29, 1.82) is 5.26 Å². The maximum absolute atomic E-state index is 8.67. The lowest BCUT2D eigenvalue weighted by molar-refractivity contribution is 0.725. The average Bonchev–Trinajstić information content (AvgIpc) is 2.29. The van der Waals surface area contributed by atoms with Gasteiger partial charge in [0.05, 0.1) is 0 Å². The van der Waals surface area contributed by atoms with E-state index in [0.29, 0.717) is 5.69 Å². The van der Waals surface area contributed by atoms with Gasteiger partial charge < -0.3 is 5.73 Å². The molecule has 15 heavy (non-hydrogen) atoms. The maximum Gasteiger partial charge on any atom is 0.140 e. The zero-order valence-corrected chi connectivity index (χ0v) is 9.63. The van der Waals surface area contributed by atoms with E-state index in [1.807, 2.05) is 18.2 Å². The van der Waals surface area contributed by atoms with Crippen molar-refractivity contribution in [3.8, 4) is 6.07 Å². The molecule has 1 unspecified atom stereocenters. The number of nitrogens with zero attached hydrogens (tertiary/aromatic N) is 2. The van der Waals surface area contributed by atoms with Crippen LogP contribution in [0.5, 0.6) is 0 Å². The molecule has 1 heterocycles. The van der Waals surface area contributed by atoms with Crippen LogP contribution in [0, 0.1) is 11.3 Å². The molecule has 0 aliphatic rings. The summed E-state index contributed by atoms with van der Waals surface area (Å²) in [7, 11) is 0. The summed E-state index contributed by atoms with van der Waals surface area (Å²) in [6.07, 6.45) is 2.68. The quantitative estimate of drug-likeness (QED) is 0.825. The van der Waals surface area contributed by atoms with Crippen LogP contribution in [0.2, 0.25) is 0 Å². The van der Waals surface area contributed by atoms with Crippen molar-refractivity contribution in [3.05, 3.63) is 29.6 Å². The van der Waals surface area contributed by atoms with Gasteiger partial charge in [-0.15, -0.1) is 0 Å². The van der Waals surface area contributed by atoms with Gasteiger partial charge in [0.2, 0.25) is 0 Å². The molecule has 4 heteroatoms. The van der Waals surface area contributed by atoms with Gasteiger partial charge in [0.1, 0.15) is 11.8 Å². The fourth-order valence-electron chi connectivity index (χ4n) is 1.07. The zero-order valence-electron chi connectivity index (χ0n) is 8.81. The monoisotopic (exact) mass is 221 g/mol. The highest BCUT2D eigenvalue weighted by Crippen LogP contribution is 2.13. The van der Waals surface area contributed by atoms with Crippen molar-refractivity contribution in [2.24, 2.45) is 5.73 Å². The lowest BCUT2D eigenvalue weighted by Gasteiger charge is -2.07. The van der Waals surface area contributed by atoms with Crippen molar-refractivity contribution in [3.63, 3.8) is 0 Å². The number of nitrogens with two attached hydrogens (primary N) is 1. The molecule has 0 saturated carbocycles. The molecule has 0 radical (unpaired) electrons. The molecule has 0 aliphatic carbocycles. The number of hydrogen-bond donors (Lipinski definition) is 1. The third-order valence-corrected chi connectivity index (χ3v) is 3.27. The third-order valence-electron chi connectivity index (χ3n) is 2.06.